The van der Waals surface area contributed by atoms with Crippen LogP contribution in [0.4, 0.5) is 0 Å². The minimum Gasteiger partial charge on any atom is -0.494 e. The number of hydrogen-bond donors (Lipinski definition) is 2. The van der Waals surface area contributed by atoms with E-state index >= 15 is 0 Å². The van der Waals surface area contributed by atoms with Crippen LogP contribution in [0.15, 0.2) is 76.8 Å². The average molecular weight is 478 g/mol. The molecule has 0 spiro atoms. The van der Waals surface area contributed by atoms with Gasteiger partial charge in [0, 0.05) is 29.8 Å². The van der Waals surface area contributed by atoms with Gasteiger partial charge in [-0.15, -0.1) is 0 Å². The second-order valence-corrected chi connectivity index (χ2v) is 10.0. The molecule has 4 aromatic rings. The molecule has 2 aromatic heterocycles. The Morgan fingerprint density at radius 2 is 1.88 bits per heavy atom. The molecule has 2 aromatic carbocycles. The molecule has 2 N–H and O–H groups in total. The number of hydrogen-bond acceptors (Lipinski definition) is 5. The van der Waals surface area contributed by atoms with Crippen molar-refractivity contribution in [2.75, 3.05) is 6.61 Å². The lowest BCUT2D eigenvalue weighted by Crippen LogP contribution is -2.23. The zero-order chi connectivity index (χ0) is 24.1. The number of amides is 1. The normalized spacial score (nSPS) is 11.5. The number of H-pyrrole nitrogens is 1. The summed E-state index contributed by atoms with van der Waals surface area (Å²) in [6.07, 6.45) is 5.33. The summed E-state index contributed by atoms with van der Waals surface area (Å²) in [7, 11) is -3.67. The van der Waals surface area contributed by atoms with Crippen LogP contribution in [0.3, 0.4) is 0 Å². The van der Waals surface area contributed by atoms with E-state index in [4.69, 9.17) is 4.74 Å². The molecule has 1 amide bonds. The van der Waals surface area contributed by atoms with E-state index in [1.54, 1.807) is 73.9 Å². The first-order valence-electron chi connectivity index (χ1n) is 11.2. The maximum Gasteiger partial charge on any atom is 0.267 e. The minimum atomic E-state index is -3.67. The highest BCUT2D eigenvalue weighted by atomic mass is 32.2. The fourth-order valence-corrected chi connectivity index (χ4v) is 5.11. The molecule has 0 radical (unpaired) electrons. The molecular formula is C26H27N3O4S. The molecule has 0 unspecified atom stereocenters. The zero-order valence-corrected chi connectivity index (χ0v) is 20.0. The smallest absolute Gasteiger partial charge is 0.267 e. The van der Waals surface area contributed by atoms with Crippen LogP contribution >= 0.6 is 0 Å². The molecule has 0 fully saturated rings. The number of pyridine rings is 1. The molecule has 0 bridgehead atoms. The van der Waals surface area contributed by atoms with Crippen LogP contribution in [0.25, 0.3) is 10.9 Å². The van der Waals surface area contributed by atoms with Gasteiger partial charge in [-0.1, -0.05) is 25.5 Å². The van der Waals surface area contributed by atoms with Crippen molar-refractivity contribution >= 4 is 26.6 Å². The third-order valence-electron chi connectivity index (χ3n) is 5.55. The second-order valence-electron chi connectivity index (χ2n) is 8.11. The van der Waals surface area contributed by atoms with Crippen molar-refractivity contribution in [2.45, 2.75) is 43.0 Å². The van der Waals surface area contributed by atoms with Crippen LogP contribution in [0.1, 0.15) is 41.4 Å². The number of aromatic nitrogens is 2. The van der Waals surface area contributed by atoms with Crippen LogP contribution in [-0.4, -0.2) is 30.9 Å². The van der Waals surface area contributed by atoms with Gasteiger partial charge in [-0.3, -0.25) is 9.78 Å². The van der Waals surface area contributed by atoms with E-state index in [-0.39, 0.29) is 22.2 Å². The third-order valence-corrected chi connectivity index (χ3v) is 7.48. The molecule has 0 atom stereocenters. The molecule has 7 nitrogen and oxygen atoms in total. The van der Waals surface area contributed by atoms with E-state index < -0.39 is 9.84 Å². The molecule has 34 heavy (non-hydrogen) atoms. The maximum absolute atomic E-state index is 13.2. The molecule has 8 heteroatoms. The Balaban J connectivity index is 1.42. The SMILES string of the molecule is CCCCOc1ccc(S(=O)(=O)c2ccc(CNC(=O)c3cc4cnccc4[nH]3)cc2)c(C)c1. The van der Waals surface area contributed by atoms with Crippen molar-refractivity contribution in [2.24, 2.45) is 0 Å². The quantitative estimate of drug-likeness (QED) is 0.337. The predicted molar refractivity (Wildman–Crippen MR) is 131 cm³/mol. The fraction of sp³-hybridized carbons (Fsp3) is 0.231. The summed E-state index contributed by atoms with van der Waals surface area (Å²) in [6, 6.07) is 15.1. The number of benzene rings is 2. The number of ether oxygens (including phenoxy) is 1. The number of aryl methyl sites for hydroxylation is 1. The molecule has 0 saturated heterocycles. The number of aromatic amines is 1. The van der Waals surface area contributed by atoms with Crippen LogP contribution < -0.4 is 10.1 Å². The molecule has 176 valence electrons. The third kappa shape index (κ3) is 5.12. The first-order valence-corrected chi connectivity index (χ1v) is 12.6. The molecule has 0 saturated carbocycles. The molecule has 0 aliphatic carbocycles. The van der Waals surface area contributed by atoms with Gasteiger partial charge in [0.1, 0.15) is 11.4 Å². The van der Waals surface area contributed by atoms with Gasteiger partial charge in [0.15, 0.2) is 0 Å². The maximum atomic E-state index is 13.2. The summed E-state index contributed by atoms with van der Waals surface area (Å²) in [5, 5.41) is 3.71. The number of carbonyl (C=O) groups excluding carboxylic acids is 1. The van der Waals surface area contributed by atoms with Crippen molar-refractivity contribution in [1.82, 2.24) is 15.3 Å². The van der Waals surface area contributed by atoms with Crippen LogP contribution in [0, 0.1) is 6.92 Å². The Kier molecular flexibility index (Phi) is 6.98. The molecular weight excluding hydrogens is 450 g/mol. The highest BCUT2D eigenvalue weighted by Gasteiger charge is 2.20. The van der Waals surface area contributed by atoms with Crippen molar-refractivity contribution in [3.8, 4) is 5.75 Å². The molecule has 0 aliphatic heterocycles. The summed E-state index contributed by atoms with van der Waals surface area (Å²) < 4.78 is 32.0. The van der Waals surface area contributed by atoms with Gasteiger partial charge in [-0.2, -0.15) is 0 Å². The van der Waals surface area contributed by atoms with Gasteiger partial charge in [0.05, 0.1) is 16.4 Å². The van der Waals surface area contributed by atoms with Gasteiger partial charge in [0.25, 0.3) is 5.91 Å². The lowest BCUT2D eigenvalue weighted by Gasteiger charge is -2.11. The van der Waals surface area contributed by atoms with E-state index in [0.717, 1.165) is 29.3 Å². The van der Waals surface area contributed by atoms with E-state index in [0.29, 0.717) is 23.6 Å². The Labute approximate surface area is 199 Å². The van der Waals surface area contributed by atoms with Gasteiger partial charge < -0.3 is 15.0 Å². The lowest BCUT2D eigenvalue weighted by atomic mass is 10.2. The standard InChI is InChI=1S/C26H27N3O4S/c1-3-4-13-33-21-7-10-25(18(2)14-21)34(31,32)22-8-5-19(6-9-22)16-28-26(30)24-15-20-17-27-12-11-23(20)29-24/h5-12,14-15,17,29H,3-4,13,16H2,1-2H3,(H,28,30). The Hall–Kier alpha value is -3.65. The molecule has 2 heterocycles. The number of sulfone groups is 1. The number of rotatable bonds is 9. The number of carbonyl (C=O) groups is 1. The van der Waals surface area contributed by atoms with Gasteiger partial charge in [-0.05, 0) is 66.9 Å². The number of nitrogens with zero attached hydrogens (tertiary/aromatic N) is 1. The summed E-state index contributed by atoms with van der Waals surface area (Å²) >= 11 is 0. The monoisotopic (exact) mass is 477 g/mol. The second kappa shape index (κ2) is 10.1. The first kappa shape index (κ1) is 23.5. The summed E-state index contributed by atoms with van der Waals surface area (Å²) in [5.74, 6) is 0.423. The van der Waals surface area contributed by atoms with Crippen LogP contribution in [-0.2, 0) is 16.4 Å². The lowest BCUT2D eigenvalue weighted by molar-refractivity contribution is 0.0946. The molecule has 4 rings (SSSR count). The fourth-order valence-electron chi connectivity index (χ4n) is 3.63. The zero-order valence-electron chi connectivity index (χ0n) is 19.2. The van der Waals surface area contributed by atoms with Crippen LogP contribution in [0.2, 0.25) is 0 Å². The van der Waals surface area contributed by atoms with Crippen molar-refractivity contribution in [1.29, 1.82) is 0 Å². The first-order chi connectivity index (χ1) is 16.4. The van der Waals surface area contributed by atoms with Crippen molar-refractivity contribution in [3.05, 3.63) is 83.8 Å². The van der Waals surface area contributed by atoms with E-state index in [9.17, 15) is 13.2 Å². The largest absolute Gasteiger partial charge is 0.494 e. The average Bonchev–Trinajstić information content (AvgIpc) is 3.27. The summed E-state index contributed by atoms with van der Waals surface area (Å²) in [5.41, 5.74) is 2.71. The topological polar surface area (TPSA) is 101 Å². The Morgan fingerprint density at radius 3 is 2.59 bits per heavy atom. The number of unbranched alkanes of at least 4 members (excludes halogenated alkanes) is 1. The van der Waals surface area contributed by atoms with Gasteiger partial charge >= 0.3 is 0 Å². The van der Waals surface area contributed by atoms with Crippen molar-refractivity contribution < 1.29 is 17.9 Å². The Bertz CT molecular complexity index is 1380. The van der Waals surface area contributed by atoms with E-state index in [1.807, 2.05) is 0 Å². The summed E-state index contributed by atoms with van der Waals surface area (Å²) in [6.45, 7) is 4.74. The number of nitrogens with one attached hydrogen (secondary N) is 2. The highest BCUT2D eigenvalue weighted by molar-refractivity contribution is 7.91. The summed E-state index contributed by atoms with van der Waals surface area (Å²) in [4.78, 5) is 20.0. The van der Waals surface area contributed by atoms with Gasteiger partial charge in [0.2, 0.25) is 9.84 Å². The minimum absolute atomic E-state index is 0.202. The van der Waals surface area contributed by atoms with Gasteiger partial charge in [-0.25, -0.2) is 8.42 Å². The molecule has 0 aliphatic rings. The Morgan fingerprint density at radius 1 is 1.09 bits per heavy atom. The van der Waals surface area contributed by atoms with E-state index in [2.05, 4.69) is 22.2 Å². The van der Waals surface area contributed by atoms with E-state index in [1.165, 1.54) is 0 Å². The van der Waals surface area contributed by atoms with Crippen molar-refractivity contribution in [3.63, 3.8) is 0 Å². The highest BCUT2D eigenvalue weighted by Crippen LogP contribution is 2.27. The van der Waals surface area contributed by atoms with Crippen LogP contribution in [0.5, 0.6) is 5.75 Å². The predicted octanol–water partition coefficient (Wildman–Crippen LogP) is 4.81. The number of fused-ring (bicyclic) bond motifs is 1.